The third-order valence-electron chi connectivity index (χ3n) is 3.93. The number of unbranched alkanes of at least 4 members (excludes halogenated alkanes) is 5. The minimum absolute atomic E-state index is 0.0281. The fourth-order valence-corrected chi connectivity index (χ4v) is 2.64. The van der Waals surface area contributed by atoms with E-state index in [1.165, 1.54) is 32.1 Å². The first-order chi connectivity index (χ1) is 10.2. The molecule has 1 aromatic rings. The number of hydrogen-bond donors (Lipinski definition) is 2. The monoisotopic (exact) mass is 290 g/mol. The van der Waals surface area contributed by atoms with Gasteiger partial charge in [0.25, 0.3) is 5.91 Å². The van der Waals surface area contributed by atoms with Crippen LogP contribution in [-0.4, -0.2) is 12.5 Å². The Hall–Kier alpha value is -1.55. The largest absolute Gasteiger partial charge is 0.482 e. The molecular weight excluding hydrogens is 264 g/mol. The molecule has 0 saturated carbocycles. The Morgan fingerprint density at radius 1 is 1.24 bits per heavy atom. The van der Waals surface area contributed by atoms with Crippen LogP contribution in [0.3, 0.4) is 0 Å². The molecule has 2 rings (SSSR count). The van der Waals surface area contributed by atoms with Gasteiger partial charge in [0.05, 0.1) is 5.69 Å². The Bertz CT molecular complexity index is 474. The first-order valence-corrected chi connectivity index (χ1v) is 8.03. The highest BCUT2D eigenvalue weighted by atomic mass is 16.5. The zero-order chi connectivity index (χ0) is 15.1. The number of carbonyl (C=O) groups is 1. The highest BCUT2D eigenvalue weighted by molar-refractivity contribution is 5.95. The van der Waals surface area contributed by atoms with Crippen molar-refractivity contribution < 1.29 is 9.53 Å². The number of nitrogens with two attached hydrogens (primary N) is 1. The minimum Gasteiger partial charge on any atom is -0.482 e. The third kappa shape index (κ3) is 4.74. The fourth-order valence-electron chi connectivity index (χ4n) is 2.64. The van der Waals surface area contributed by atoms with Crippen molar-refractivity contribution in [3.8, 4) is 5.75 Å². The van der Waals surface area contributed by atoms with Crippen molar-refractivity contribution in [3.05, 3.63) is 23.8 Å². The molecule has 0 radical (unpaired) electrons. The maximum atomic E-state index is 11.3. The van der Waals surface area contributed by atoms with Crippen LogP contribution in [0.5, 0.6) is 5.75 Å². The van der Waals surface area contributed by atoms with Gasteiger partial charge < -0.3 is 15.8 Å². The van der Waals surface area contributed by atoms with Crippen LogP contribution in [0.4, 0.5) is 5.69 Å². The van der Waals surface area contributed by atoms with E-state index in [1.807, 2.05) is 18.2 Å². The summed E-state index contributed by atoms with van der Waals surface area (Å²) in [4.78, 5) is 11.3. The molecule has 1 amide bonds. The Balaban J connectivity index is 1.81. The lowest BCUT2D eigenvalue weighted by Crippen LogP contribution is -2.25. The number of nitrogens with one attached hydrogen (secondary N) is 1. The Morgan fingerprint density at radius 2 is 2.00 bits per heavy atom. The highest BCUT2D eigenvalue weighted by Gasteiger charge is 2.17. The number of benzene rings is 1. The zero-order valence-corrected chi connectivity index (χ0v) is 12.9. The molecule has 0 fully saturated rings. The number of hydrogen-bond acceptors (Lipinski definition) is 3. The number of carbonyl (C=O) groups excluding carboxylic acids is 1. The van der Waals surface area contributed by atoms with Gasteiger partial charge in [0.15, 0.2) is 6.61 Å². The van der Waals surface area contributed by atoms with Crippen molar-refractivity contribution in [1.29, 1.82) is 0 Å². The van der Waals surface area contributed by atoms with Crippen molar-refractivity contribution >= 4 is 11.6 Å². The zero-order valence-electron chi connectivity index (χ0n) is 12.9. The number of ether oxygens (including phenoxy) is 1. The van der Waals surface area contributed by atoms with Crippen molar-refractivity contribution in [3.63, 3.8) is 0 Å². The standard InChI is InChI=1S/C17H26N2O2/c1-2-3-4-5-6-7-8-14(18)13-9-10-16-15(11-13)19-17(20)12-21-16/h9-11,14H,2-8,12,18H2,1H3,(H,19,20). The summed E-state index contributed by atoms with van der Waals surface area (Å²) in [5.41, 5.74) is 8.05. The number of amides is 1. The van der Waals surface area contributed by atoms with E-state index in [2.05, 4.69) is 12.2 Å². The Labute approximate surface area is 127 Å². The number of fused-ring (bicyclic) bond motifs is 1. The molecule has 3 N–H and O–H groups in total. The average molecular weight is 290 g/mol. The van der Waals surface area contributed by atoms with Crippen LogP contribution in [0, 0.1) is 0 Å². The van der Waals surface area contributed by atoms with Gasteiger partial charge in [-0.15, -0.1) is 0 Å². The summed E-state index contributed by atoms with van der Waals surface area (Å²) in [6.45, 7) is 2.32. The van der Waals surface area contributed by atoms with E-state index in [-0.39, 0.29) is 18.6 Å². The molecule has 0 saturated heterocycles. The van der Waals surface area contributed by atoms with Crippen molar-refractivity contribution in [2.75, 3.05) is 11.9 Å². The van der Waals surface area contributed by atoms with Crippen LogP contribution < -0.4 is 15.8 Å². The summed E-state index contributed by atoms with van der Waals surface area (Å²) in [5.74, 6) is 0.620. The van der Waals surface area contributed by atoms with E-state index in [0.717, 1.165) is 29.8 Å². The number of anilines is 1. The second kappa shape index (κ2) is 8.03. The molecule has 0 bridgehead atoms. The van der Waals surface area contributed by atoms with E-state index < -0.39 is 0 Å². The van der Waals surface area contributed by atoms with Crippen molar-refractivity contribution in [2.24, 2.45) is 5.73 Å². The molecule has 0 aliphatic carbocycles. The van der Waals surface area contributed by atoms with E-state index in [0.29, 0.717) is 0 Å². The van der Waals surface area contributed by atoms with Crippen LogP contribution >= 0.6 is 0 Å². The molecule has 0 spiro atoms. The molecule has 1 atom stereocenters. The van der Waals surface area contributed by atoms with Gasteiger partial charge in [-0.25, -0.2) is 0 Å². The number of rotatable bonds is 8. The van der Waals surface area contributed by atoms with Gasteiger partial charge in [0.2, 0.25) is 0 Å². The van der Waals surface area contributed by atoms with Crippen LogP contribution in [0.2, 0.25) is 0 Å². The second-order valence-corrected chi connectivity index (χ2v) is 5.76. The fraction of sp³-hybridized carbons (Fsp3) is 0.588. The van der Waals surface area contributed by atoms with Gasteiger partial charge in [-0.2, -0.15) is 0 Å². The lowest BCUT2D eigenvalue weighted by Gasteiger charge is -2.20. The predicted molar refractivity (Wildman–Crippen MR) is 85.5 cm³/mol. The molecule has 1 aromatic carbocycles. The first kappa shape index (κ1) is 15.8. The smallest absolute Gasteiger partial charge is 0.262 e. The van der Waals surface area contributed by atoms with Gasteiger partial charge in [0, 0.05) is 6.04 Å². The van der Waals surface area contributed by atoms with E-state index in [1.54, 1.807) is 0 Å². The minimum atomic E-state index is -0.107. The van der Waals surface area contributed by atoms with Gasteiger partial charge in [-0.1, -0.05) is 51.5 Å². The first-order valence-electron chi connectivity index (χ1n) is 8.03. The topological polar surface area (TPSA) is 64.3 Å². The van der Waals surface area contributed by atoms with Crippen molar-refractivity contribution in [2.45, 2.75) is 57.9 Å². The molecule has 21 heavy (non-hydrogen) atoms. The summed E-state index contributed by atoms with van der Waals surface area (Å²) in [7, 11) is 0. The summed E-state index contributed by atoms with van der Waals surface area (Å²) in [6, 6.07) is 5.86. The van der Waals surface area contributed by atoms with E-state index in [4.69, 9.17) is 10.5 Å². The van der Waals surface area contributed by atoms with Gasteiger partial charge in [-0.05, 0) is 24.1 Å². The molecular formula is C17H26N2O2. The normalized spacial score (nSPS) is 15.0. The quantitative estimate of drug-likeness (QED) is 0.716. The predicted octanol–water partition coefficient (Wildman–Crippen LogP) is 3.77. The average Bonchev–Trinajstić information content (AvgIpc) is 2.49. The molecule has 0 aromatic heterocycles. The van der Waals surface area contributed by atoms with Gasteiger partial charge in [-0.3, -0.25) is 4.79 Å². The lowest BCUT2D eigenvalue weighted by atomic mass is 9.99. The Kier molecular flexibility index (Phi) is 6.05. The molecule has 1 heterocycles. The summed E-state index contributed by atoms with van der Waals surface area (Å²) in [6.07, 6.45) is 8.63. The SMILES string of the molecule is CCCCCCCCC(N)c1ccc2c(c1)NC(=O)CO2. The Morgan fingerprint density at radius 3 is 2.81 bits per heavy atom. The van der Waals surface area contributed by atoms with Gasteiger partial charge in [0.1, 0.15) is 5.75 Å². The molecule has 4 heteroatoms. The maximum absolute atomic E-state index is 11.3. The van der Waals surface area contributed by atoms with Crippen LogP contribution in [0.25, 0.3) is 0 Å². The van der Waals surface area contributed by atoms with Crippen LogP contribution in [-0.2, 0) is 4.79 Å². The van der Waals surface area contributed by atoms with E-state index in [9.17, 15) is 4.79 Å². The molecule has 4 nitrogen and oxygen atoms in total. The highest BCUT2D eigenvalue weighted by Crippen LogP contribution is 2.31. The van der Waals surface area contributed by atoms with Crippen LogP contribution in [0.1, 0.15) is 63.5 Å². The molecule has 116 valence electrons. The van der Waals surface area contributed by atoms with Crippen LogP contribution in [0.15, 0.2) is 18.2 Å². The molecule has 1 aliphatic heterocycles. The molecule has 1 aliphatic rings. The third-order valence-corrected chi connectivity index (χ3v) is 3.93. The van der Waals surface area contributed by atoms with Crippen molar-refractivity contribution in [1.82, 2.24) is 0 Å². The second-order valence-electron chi connectivity index (χ2n) is 5.76. The van der Waals surface area contributed by atoms with E-state index >= 15 is 0 Å². The maximum Gasteiger partial charge on any atom is 0.262 e. The summed E-state index contributed by atoms with van der Waals surface area (Å²) < 4.78 is 5.35. The van der Waals surface area contributed by atoms with Gasteiger partial charge >= 0.3 is 0 Å². The lowest BCUT2D eigenvalue weighted by molar-refractivity contribution is -0.118. The molecule has 1 unspecified atom stereocenters. The summed E-state index contributed by atoms with van der Waals surface area (Å²) >= 11 is 0. The summed E-state index contributed by atoms with van der Waals surface area (Å²) in [5, 5.41) is 2.83.